The average Bonchev–Trinajstić information content (AvgIpc) is 3.09. The Kier molecular flexibility index (Phi) is 7.53. The summed E-state index contributed by atoms with van der Waals surface area (Å²) in [4.78, 5) is 0. The zero-order chi connectivity index (χ0) is 24.2. The van der Waals surface area contributed by atoms with E-state index in [1.165, 1.54) is 0 Å². The van der Waals surface area contributed by atoms with Crippen molar-refractivity contribution in [1.82, 2.24) is 5.32 Å². The molecule has 1 saturated carbocycles. The second-order valence-corrected chi connectivity index (χ2v) is 10.0. The number of alkyl halides is 2. The Morgan fingerprint density at radius 1 is 1.18 bits per heavy atom. The van der Waals surface area contributed by atoms with Crippen LogP contribution in [0.4, 0.5) is 20.2 Å². The lowest BCUT2D eigenvalue weighted by Crippen LogP contribution is -2.35. The number of sulfonamides is 1. The van der Waals surface area contributed by atoms with Gasteiger partial charge >= 0.3 is 12.5 Å². The number of aliphatic hydroxyl groups excluding tert-OH is 1. The standard InChI is InChI=1S/C22H26F2N4O5S/c23-21(24)33-22(18-9-1-2-10-19(18)26-28-22)32-12-11-25-14-20(29)15-5-3-6-16(13-15)27-34(30,31)17-7-4-8-17/h1-3,5-6,9-10,13,17,20-21,25,27,29H,4,7-8,11-12,14H2. The maximum atomic E-state index is 13.0. The van der Waals surface area contributed by atoms with Crippen LogP contribution < -0.4 is 10.0 Å². The lowest BCUT2D eigenvalue weighted by molar-refractivity contribution is -0.317. The van der Waals surface area contributed by atoms with E-state index in [0.717, 1.165) is 6.42 Å². The predicted molar refractivity (Wildman–Crippen MR) is 120 cm³/mol. The number of benzene rings is 2. The molecule has 2 aromatic carbocycles. The molecule has 34 heavy (non-hydrogen) atoms. The first-order valence-electron chi connectivity index (χ1n) is 10.9. The summed E-state index contributed by atoms with van der Waals surface area (Å²) >= 11 is 0. The van der Waals surface area contributed by atoms with Crippen molar-refractivity contribution in [2.24, 2.45) is 10.2 Å². The van der Waals surface area contributed by atoms with E-state index in [2.05, 4.69) is 25.0 Å². The van der Waals surface area contributed by atoms with E-state index in [4.69, 9.17) is 4.74 Å². The summed E-state index contributed by atoms with van der Waals surface area (Å²) in [5.41, 5.74) is 1.59. The van der Waals surface area contributed by atoms with Crippen LogP contribution in [0.25, 0.3) is 0 Å². The average molecular weight is 497 g/mol. The summed E-state index contributed by atoms with van der Waals surface area (Å²) in [5.74, 6) is -2.02. The van der Waals surface area contributed by atoms with Gasteiger partial charge in [0, 0.05) is 18.8 Å². The second-order valence-electron chi connectivity index (χ2n) is 8.07. The van der Waals surface area contributed by atoms with Crippen molar-refractivity contribution in [2.45, 2.75) is 43.1 Å². The molecule has 2 aliphatic rings. The first-order chi connectivity index (χ1) is 16.3. The first-order valence-corrected chi connectivity index (χ1v) is 12.5. The van der Waals surface area contributed by atoms with E-state index in [9.17, 15) is 22.3 Å². The zero-order valence-corrected chi connectivity index (χ0v) is 19.0. The van der Waals surface area contributed by atoms with Crippen molar-refractivity contribution in [3.8, 4) is 0 Å². The number of nitrogens with one attached hydrogen (secondary N) is 2. The molecule has 0 spiro atoms. The molecule has 0 bridgehead atoms. The quantitative estimate of drug-likeness (QED) is 0.304. The molecule has 0 saturated heterocycles. The van der Waals surface area contributed by atoms with Crippen molar-refractivity contribution >= 4 is 21.4 Å². The number of nitrogens with zero attached hydrogens (tertiary/aromatic N) is 2. The Labute approximate surface area is 196 Å². The number of ether oxygens (including phenoxy) is 2. The van der Waals surface area contributed by atoms with Crippen LogP contribution in [0.2, 0.25) is 0 Å². The van der Waals surface area contributed by atoms with Crippen molar-refractivity contribution in [3.63, 3.8) is 0 Å². The Morgan fingerprint density at radius 2 is 1.97 bits per heavy atom. The van der Waals surface area contributed by atoms with E-state index in [1.807, 2.05) is 0 Å². The number of aliphatic hydroxyl groups is 1. The van der Waals surface area contributed by atoms with Gasteiger partial charge in [0.2, 0.25) is 10.0 Å². The number of hydrogen-bond donors (Lipinski definition) is 3. The first kappa shape index (κ1) is 24.6. The van der Waals surface area contributed by atoms with Crippen LogP contribution in [-0.4, -0.2) is 45.1 Å². The minimum absolute atomic E-state index is 0.0476. The van der Waals surface area contributed by atoms with E-state index in [-0.39, 0.29) is 30.5 Å². The molecule has 0 amide bonds. The number of fused-ring (bicyclic) bond motifs is 1. The normalized spacial score (nSPS) is 20.8. The fourth-order valence-corrected chi connectivity index (χ4v) is 5.28. The molecule has 1 aliphatic carbocycles. The maximum Gasteiger partial charge on any atom is 0.349 e. The van der Waals surface area contributed by atoms with Crippen LogP contribution in [-0.2, 0) is 25.4 Å². The monoisotopic (exact) mass is 496 g/mol. The van der Waals surface area contributed by atoms with Gasteiger partial charge in [0.15, 0.2) is 0 Å². The van der Waals surface area contributed by atoms with E-state index in [0.29, 0.717) is 29.8 Å². The fraction of sp³-hybridized carbons (Fsp3) is 0.455. The van der Waals surface area contributed by atoms with Crippen molar-refractivity contribution < 1.29 is 31.8 Å². The number of anilines is 1. The molecule has 4 rings (SSSR count). The van der Waals surface area contributed by atoms with Gasteiger partial charge in [-0.05, 0) is 42.7 Å². The van der Waals surface area contributed by atoms with Gasteiger partial charge in [-0.25, -0.2) is 8.42 Å². The minimum Gasteiger partial charge on any atom is -0.387 e. The van der Waals surface area contributed by atoms with Crippen LogP contribution in [0.5, 0.6) is 0 Å². The van der Waals surface area contributed by atoms with Crippen LogP contribution in [0.1, 0.15) is 36.5 Å². The lowest BCUT2D eigenvalue weighted by atomic mass is 10.0. The summed E-state index contributed by atoms with van der Waals surface area (Å²) in [6.45, 7) is -2.83. The van der Waals surface area contributed by atoms with Gasteiger partial charge in [0.1, 0.15) is 0 Å². The maximum absolute atomic E-state index is 13.0. The largest absolute Gasteiger partial charge is 0.387 e. The Bertz CT molecular complexity index is 1130. The fourth-order valence-electron chi connectivity index (χ4n) is 3.71. The minimum atomic E-state index is -3.43. The molecule has 3 N–H and O–H groups in total. The molecular weight excluding hydrogens is 470 g/mol. The molecule has 9 nitrogen and oxygen atoms in total. The number of azo groups is 1. The second kappa shape index (κ2) is 10.4. The summed E-state index contributed by atoms with van der Waals surface area (Å²) in [6, 6.07) is 13.1. The molecule has 1 aliphatic heterocycles. The number of hydrogen-bond acceptors (Lipinski definition) is 8. The Balaban J connectivity index is 1.28. The molecular formula is C22H26F2N4O5S. The number of halogens is 2. The van der Waals surface area contributed by atoms with Crippen LogP contribution in [0, 0.1) is 0 Å². The van der Waals surface area contributed by atoms with Crippen molar-refractivity contribution in [2.75, 3.05) is 24.4 Å². The van der Waals surface area contributed by atoms with Gasteiger partial charge in [0.05, 0.1) is 29.2 Å². The highest BCUT2D eigenvalue weighted by molar-refractivity contribution is 7.93. The van der Waals surface area contributed by atoms with Crippen molar-refractivity contribution in [1.29, 1.82) is 0 Å². The van der Waals surface area contributed by atoms with Gasteiger partial charge in [-0.1, -0.05) is 30.7 Å². The van der Waals surface area contributed by atoms with E-state index in [1.54, 1.807) is 48.5 Å². The third-order valence-corrected chi connectivity index (χ3v) is 7.59. The predicted octanol–water partition coefficient (Wildman–Crippen LogP) is 3.77. The summed E-state index contributed by atoms with van der Waals surface area (Å²) in [7, 11) is -3.43. The highest BCUT2D eigenvalue weighted by atomic mass is 32.2. The van der Waals surface area contributed by atoms with Gasteiger partial charge in [0.25, 0.3) is 0 Å². The summed E-state index contributed by atoms with van der Waals surface area (Å²) in [6.07, 6.45) is 1.29. The number of rotatable bonds is 12. The summed E-state index contributed by atoms with van der Waals surface area (Å²) in [5, 5.41) is 20.7. The third-order valence-electron chi connectivity index (χ3n) is 5.72. The Morgan fingerprint density at radius 3 is 2.71 bits per heavy atom. The van der Waals surface area contributed by atoms with Gasteiger partial charge in [-0.15, -0.1) is 10.2 Å². The molecule has 2 unspecified atom stereocenters. The van der Waals surface area contributed by atoms with Crippen LogP contribution in [0.3, 0.4) is 0 Å². The van der Waals surface area contributed by atoms with Crippen molar-refractivity contribution in [3.05, 3.63) is 59.7 Å². The smallest absolute Gasteiger partial charge is 0.349 e. The molecule has 2 aromatic rings. The van der Waals surface area contributed by atoms with Gasteiger partial charge in [-0.3, -0.25) is 9.46 Å². The van der Waals surface area contributed by atoms with Crippen LogP contribution in [0.15, 0.2) is 58.8 Å². The highest BCUT2D eigenvalue weighted by Crippen LogP contribution is 2.43. The third kappa shape index (κ3) is 5.58. The SMILES string of the molecule is O=S(=O)(Nc1cccc(C(O)CNCCOC2(OC(F)F)N=Nc3ccccc32)c1)C1CCC1. The lowest BCUT2D eigenvalue weighted by Gasteiger charge is -2.26. The summed E-state index contributed by atoms with van der Waals surface area (Å²) < 4.78 is 63.4. The molecule has 1 fully saturated rings. The molecule has 0 radical (unpaired) electrons. The molecule has 0 aromatic heterocycles. The Hall–Kier alpha value is -2.51. The molecule has 12 heteroatoms. The molecule has 2 atom stereocenters. The van der Waals surface area contributed by atoms with Gasteiger partial charge in [-0.2, -0.15) is 8.78 Å². The van der Waals surface area contributed by atoms with E-state index < -0.39 is 28.6 Å². The molecule has 1 heterocycles. The zero-order valence-electron chi connectivity index (χ0n) is 18.2. The highest BCUT2D eigenvalue weighted by Gasteiger charge is 2.43. The molecule has 184 valence electrons. The topological polar surface area (TPSA) is 122 Å². The van der Waals surface area contributed by atoms with Gasteiger partial charge < -0.3 is 15.2 Å². The van der Waals surface area contributed by atoms with Crippen LogP contribution >= 0.6 is 0 Å². The van der Waals surface area contributed by atoms with E-state index >= 15 is 0 Å².